The molecule has 0 saturated heterocycles. The third kappa shape index (κ3) is 38.1. The van der Waals surface area contributed by atoms with Gasteiger partial charge in [-0.05, 0) is 13.3 Å². The Kier molecular flexibility index (Phi) is 34.9. The Hall–Kier alpha value is -0.521. The van der Waals surface area contributed by atoms with Crippen LogP contribution in [0, 0.1) is 0 Å². The van der Waals surface area contributed by atoms with Crippen LogP contribution in [0.25, 0.3) is 0 Å². The van der Waals surface area contributed by atoms with Crippen LogP contribution in [-0.2, 0) is 14.3 Å². The maximum atomic E-state index is 10.2. The van der Waals surface area contributed by atoms with Crippen LogP contribution in [0.1, 0.15) is 118 Å². The Morgan fingerprint density at radius 1 is 0.767 bits per heavy atom. The topological polar surface area (TPSA) is 63.6 Å². The molecule has 0 unspecified atom stereocenters. The second kappa shape index (κ2) is 30.7. The zero-order valence-electron chi connectivity index (χ0n) is 20.7. The number of unbranched alkanes of at least 4 members (excludes halogenated alkanes) is 10. The fourth-order valence-electron chi connectivity index (χ4n) is 2.49. The zero-order chi connectivity index (χ0) is 23.5. The van der Waals surface area contributed by atoms with Gasteiger partial charge in [0.25, 0.3) is 0 Å². The third-order valence-electron chi connectivity index (χ3n) is 4.44. The van der Waals surface area contributed by atoms with Gasteiger partial charge in [0.15, 0.2) is 0 Å². The van der Waals surface area contributed by atoms with Crippen molar-refractivity contribution in [3.05, 3.63) is 12.2 Å². The maximum absolute atomic E-state index is 10.2. The second-order valence-electron chi connectivity index (χ2n) is 7.70. The van der Waals surface area contributed by atoms with E-state index >= 15 is 0 Å². The summed E-state index contributed by atoms with van der Waals surface area (Å²) >= 11 is 0.149. The van der Waals surface area contributed by atoms with Gasteiger partial charge in [0.05, 0.1) is 7.11 Å². The molecular formula is C25H50O4Sn. The molecule has 0 fully saturated rings. The number of ether oxygens (including phenoxy) is 1. The van der Waals surface area contributed by atoms with E-state index in [9.17, 15) is 9.59 Å². The van der Waals surface area contributed by atoms with Crippen LogP contribution in [0.2, 0.25) is 8.87 Å². The summed E-state index contributed by atoms with van der Waals surface area (Å²) in [6.07, 6.45) is 17.3. The first-order valence-electron chi connectivity index (χ1n) is 12.0. The molecule has 0 aromatic rings. The Morgan fingerprint density at radius 2 is 1.17 bits per heavy atom. The normalized spacial score (nSPS) is 9.63. The van der Waals surface area contributed by atoms with Crippen LogP contribution in [0.4, 0.5) is 0 Å². The van der Waals surface area contributed by atoms with E-state index in [1.165, 1.54) is 77.7 Å². The van der Waals surface area contributed by atoms with E-state index in [1.807, 2.05) is 0 Å². The van der Waals surface area contributed by atoms with Gasteiger partial charge in [0.1, 0.15) is 0 Å². The summed E-state index contributed by atoms with van der Waals surface area (Å²) in [6, 6.07) is 0. The summed E-state index contributed by atoms with van der Waals surface area (Å²) < 4.78 is 7.52. The molecule has 0 aliphatic rings. The minimum atomic E-state index is -0.659. The quantitative estimate of drug-likeness (QED) is 0.0895. The number of esters is 1. The summed E-state index contributed by atoms with van der Waals surface area (Å²) in [5.41, 5.74) is 0.433. The number of carboxylic acids is 1. The van der Waals surface area contributed by atoms with Gasteiger partial charge in [-0.15, -0.1) is 0 Å². The molecule has 0 atom stereocenters. The predicted molar refractivity (Wildman–Crippen MR) is 131 cm³/mol. The molecule has 4 nitrogen and oxygen atoms in total. The number of hydrogen-bond acceptors (Lipinski definition) is 3. The molecule has 0 heterocycles. The van der Waals surface area contributed by atoms with E-state index < -0.39 is 5.97 Å². The number of carboxylic acid groups (broad SMARTS) is 1. The van der Waals surface area contributed by atoms with E-state index in [2.05, 4.69) is 32.1 Å². The molecule has 0 amide bonds. The van der Waals surface area contributed by atoms with Crippen molar-refractivity contribution >= 4 is 33.1 Å². The van der Waals surface area contributed by atoms with Gasteiger partial charge in [-0.2, -0.15) is 0 Å². The average Bonchev–Trinajstić information content (AvgIpc) is 2.72. The van der Waals surface area contributed by atoms with Crippen molar-refractivity contribution < 1.29 is 19.4 Å². The van der Waals surface area contributed by atoms with Crippen molar-refractivity contribution in [2.24, 2.45) is 0 Å². The number of rotatable bonds is 17. The molecule has 1 N–H and O–H groups in total. The number of aliphatic carboxylic acids is 1. The molecule has 2 radical (unpaired) electrons. The third-order valence-corrected chi connectivity index (χ3v) is 8.48. The van der Waals surface area contributed by atoms with Gasteiger partial charge < -0.3 is 9.84 Å². The minimum absolute atomic E-state index is 0.149. The fourth-order valence-corrected chi connectivity index (χ4v) is 6.65. The van der Waals surface area contributed by atoms with Crippen LogP contribution < -0.4 is 0 Å². The van der Waals surface area contributed by atoms with Gasteiger partial charge >= 0.3 is 81.5 Å². The van der Waals surface area contributed by atoms with Crippen molar-refractivity contribution in [2.75, 3.05) is 7.11 Å². The molecule has 0 bridgehead atoms. The van der Waals surface area contributed by atoms with Crippen LogP contribution >= 0.6 is 0 Å². The fraction of sp³-hybridized carbons (Fsp3) is 0.840. The molecular weight excluding hydrogens is 483 g/mol. The van der Waals surface area contributed by atoms with E-state index in [4.69, 9.17) is 5.11 Å². The number of carbonyl (C=O) groups is 2. The van der Waals surface area contributed by atoms with Crippen molar-refractivity contribution in [1.29, 1.82) is 0 Å². The van der Waals surface area contributed by atoms with Crippen molar-refractivity contribution in [2.45, 2.75) is 126 Å². The molecule has 0 aromatic heterocycles. The summed E-state index contributed by atoms with van der Waals surface area (Å²) in [7, 11) is 1.33. The summed E-state index contributed by atoms with van der Waals surface area (Å²) in [5.74, 6) is -1.01. The number of carbonyl (C=O) groups excluding carboxylic acids is 1. The molecule has 5 heteroatoms. The van der Waals surface area contributed by atoms with Crippen LogP contribution in [0.5, 0.6) is 0 Å². The van der Waals surface area contributed by atoms with Crippen molar-refractivity contribution in [3.8, 4) is 0 Å². The molecule has 0 aromatic carbocycles. The Bertz CT molecular complexity index is 377. The molecule has 178 valence electrons. The first-order valence-corrected chi connectivity index (χ1v) is 16.1. The van der Waals surface area contributed by atoms with Crippen molar-refractivity contribution in [3.63, 3.8) is 0 Å². The van der Waals surface area contributed by atoms with Crippen LogP contribution in [0.15, 0.2) is 12.2 Å². The Balaban J connectivity index is -0.000000393. The molecule has 0 aliphatic carbocycles. The van der Waals surface area contributed by atoms with E-state index in [1.54, 1.807) is 15.8 Å². The van der Waals surface area contributed by atoms with E-state index in [0.717, 1.165) is 12.8 Å². The predicted octanol–water partition coefficient (Wildman–Crippen LogP) is 7.85. The SMILES string of the molecule is C=C(C)C(=O)OC.CCCCCCCCCCCC(=O)O.CCC[CH2][Sn][CH2]CCC. The molecule has 0 spiro atoms. The van der Waals surface area contributed by atoms with Crippen LogP contribution in [-0.4, -0.2) is 45.3 Å². The molecule has 0 rings (SSSR count). The summed E-state index contributed by atoms with van der Waals surface area (Å²) in [5, 5.41) is 8.41. The first-order chi connectivity index (χ1) is 14.4. The number of methoxy groups -OCH3 is 1. The van der Waals surface area contributed by atoms with Gasteiger partial charge in [-0.1, -0.05) is 64.9 Å². The standard InChI is InChI=1S/C12H24O2.C5H8O2.2C4H9.Sn/c1-2-3-4-5-6-7-8-9-10-11-12(13)14;1-4(2)5(6)7-3;2*1-3-4-2;/h2-11H2,1H3,(H,13,14);1H2,2-3H3;2*1,3-4H2,2H3;. The monoisotopic (exact) mass is 534 g/mol. The van der Waals surface area contributed by atoms with E-state index in [-0.39, 0.29) is 27.1 Å². The van der Waals surface area contributed by atoms with Gasteiger partial charge in [0, 0.05) is 12.0 Å². The van der Waals surface area contributed by atoms with Crippen molar-refractivity contribution in [1.82, 2.24) is 0 Å². The molecule has 0 aliphatic heterocycles. The second-order valence-corrected chi connectivity index (χ2v) is 12.0. The van der Waals surface area contributed by atoms with Crippen LogP contribution in [0.3, 0.4) is 0 Å². The summed E-state index contributed by atoms with van der Waals surface area (Å²) in [6.45, 7) is 11.8. The van der Waals surface area contributed by atoms with Gasteiger partial charge in [-0.25, -0.2) is 4.79 Å². The zero-order valence-corrected chi connectivity index (χ0v) is 23.5. The summed E-state index contributed by atoms with van der Waals surface area (Å²) in [4.78, 5) is 20.4. The molecule has 30 heavy (non-hydrogen) atoms. The number of hydrogen-bond donors (Lipinski definition) is 1. The van der Waals surface area contributed by atoms with Gasteiger partial charge in [0.2, 0.25) is 0 Å². The molecule has 0 saturated carbocycles. The van der Waals surface area contributed by atoms with E-state index in [0.29, 0.717) is 12.0 Å². The first kappa shape index (κ1) is 34.1. The average molecular weight is 533 g/mol. The Morgan fingerprint density at radius 3 is 1.47 bits per heavy atom. The Labute approximate surface area is 197 Å². The van der Waals surface area contributed by atoms with Gasteiger partial charge in [-0.3, -0.25) is 4.79 Å².